The molecule has 3 aliphatic rings. The first-order chi connectivity index (χ1) is 61.5. The molecule has 42 heteroatoms. The van der Waals surface area contributed by atoms with Gasteiger partial charge in [0.2, 0.25) is 70.9 Å². The summed E-state index contributed by atoms with van der Waals surface area (Å²) < 4.78 is 50.0. The largest absolute Gasteiger partial charge is 0.480 e. The molecule has 9 atom stereocenters. The van der Waals surface area contributed by atoms with Crippen LogP contribution >= 0.6 is 23.5 Å². The fraction of sp³-hybridized carbons (Fsp3) is 0.706. The number of amides is 12. The van der Waals surface area contributed by atoms with Crippen LogP contribution < -0.4 is 75.7 Å². The number of thioether (sulfide) groups is 2. The molecule has 0 aliphatic carbocycles. The minimum Gasteiger partial charge on any atom is -0.480 e. The minimum atomic E-state index is -1.74. The third-order valence-corrected chi connectivity index (χ3v) is 22.6. The summed E-state index contributed by atoms with van der Waals surface area (Å²) in [5.74, 6) is -8.64. The van der Waals surface area contributed by atoms with Crippen LogP contribution in [0.1, 0.15) is 120 Å². The molecule has 2 aromatic rings. The predicted molar refractivity (Wildman–Crippen MR) is 474 cm³/mol. The molecule has 1 unspecified atom stereocenters. The molecule has 40 nitrogen and oxygen atoms in total. The lowest BCUT2D eigenvalue weighted by molar-refractivity contribution is -0.148. The number of carboxylic acids is 1. The van der Waals surface area contributed by atoms with Gasteiger partial charge in [-0.15, -0.1) is 0 Å². The van der Waals surface area contributed by atoms with E-state index in [1.165, 1.54) is 40.2 Å². The topological polar surface area (TPSA) is 562 Å². The van der Waals surface area contributed by atoms with Crippen molar-refractivity contribution in [3.63, 3.8) is 0 Å². The number of carboxylic acid groups (broad SMARTS) is 1. The van der Waals surface area contributed by atoms with Gasteiger partial charge < -0.3 is 138 Å². The lowest BCUT2D eigenvalue weighted by Gasteiger charge is -2.34. The van der Waals surface area contributed by atoms with Crippen LogP contribution in [0.4, 0.5) is 0 Å². The Morgan fingerprint density at radius 2 is 1.02 bits per heavy atom. The Bertz CT molecular complexity index is 3560. The molecular weight excluding hydrogens is 1690 g/mol. The molecule has 127 heavy (non-hydrogen) atoms. The Balaban J connectivity index is 0.976. The van der Waals surface area contributed by atoms with Crippen LogP contribution in [0.5, 0.6) is 0 Å². The number of carbonyl (C=O) groups excluding carboxylic acids is 12. The number of fused-ring (bicyclic) bond motifs is 4. The van der Waals surface area contributed by atoms with E-state index in [9.17, 15) is 67.7 Å². The molecule has 0 radical (unpaired) electrons. The standard InChI is InChI=1S/C85H140N16O24S2/c1-3-4-17-65(94-75(106)23-22-73(104)91-27-11-34-117-38-42-121-43-39-118-35-12-28-92-74(105)24-36-119-40-44-122-46-48-124-50-51-125-49-47-123-45-41-120-37-31-93-77(107)64(54-89-29-25-86)55-90-30-26-87)78(108)97-68-58-126-56-62-15-8-16-63(52-62)57-127-59-69(85(115)116)98-80(110)67(53-61-13-6-5-7-14-61)96-79(109)66(20-21-72(88)103)95-82(112)76(60(2)102)99-81(111)70-18-9-32-100(70)84(114)71-19-10-33-101(71)83(68)113/h5-8,13-16,52,60,64-71,76,89-90,102H,3-4,9-12,17-51,53-59,86-87H2,1-2H3,(H2,88,103)(H,91,104)(H,92,105)(H,93,107)(H,94,106)(H,95,112)(H,96,109)(H,97,108)(H,98,110)(H,99,111)(H,115,116)/t60-,65+,66+,67+,68+,69?,70+,71+,76+/m1/s1. The van der Waals surface area contributed by atoms with E-state index in [0.29, 0.717) is 220 Å². The average molecular weight is 1830 g/mol. The van der Waals surface area contributed by atoms with Crippen molar-refractivity contribution in [2.24, 2.45) is 23.1 Å². The second kappa shape index (κ2) is 67.0. The molecule has 3 heterocycles. The first-order valence-electron chi connectivity index (χ1n) is 44.2. The van der Waals surface area contributed by atoms with Crippen LogP contribution in [-0.4, -0.2) is 354 Å². The lowest BCUT2D eigenvalue weighted by atomic mass is 10.0. The monoisotopic (exact) mass is 1830 g/mol. The van der Waals surface area contributed by atoms with E-state index in [2.05, 4.69) is 58.5 Å². The number of hydrogen-bond donors (Lipinski definition) is 16. The summed E-state index contributed by atoms with van der Waals surface area (Å²) in [6, 6.07) is 5.14. The van der Waals surface area contributed by atoms with Crippen molar-refractivity contribution in [2.45, 2.75) is 176 Å². The van der Waals surface area contributed by atoms with Crippen LogP contribution in [0.2, 0.25) is 0 Å². The number of primary amides is 1. The van der Waals surface area contributed by atoms with E-state index in [4.69, 9.17) is 59.8 Å². The average Bonchev–Trinajstić information content (AvgIpc) is 1.66. The summed E-state index contributed by atoms with van der Waals surface area (Å²) in [5, 5.41) is 52.2. The number of hydrogen-bond acceptors (Lipinski definition) is 29. The van der Waals surface area contributed by atoms with Gasteiger partial charge in [0.15, 0.2) is 0 Å². The van der Waals surface area contributed by atoms with Crippen LogP contribution in [-0.2, 0) is 123 Å². The number of rotatable bonds is 60. The van der Waals surface area contributed by atoms with Crippen molar-refractivity contribution in [3.05, 3.63) is 71.3 Å². The van der Waals surface area contributed by atoms with Gasteiger partial charge in [-0.2, -0.15) is 23.5 Å². The quantitative estimate of drug-likeness (QED) is 0.0302. The van der Waals surface area contributed by atoms with Gasteiger partial charge in [-0.1, -0.05) is 74.4 Å². The smallest absolute Gasteiger partial charge is 0.327 e. The first kappa shape index (κ1) is 109. The second-order valence-electron chi connectivity index (χ2n) is 30.6. The number of nitrogens with one attached hydrogen (secondary N) is 11. The Kier molecular flexibility index (Phi) is 57.6. The number of benzene rings is 2. The number of unbranched alkanes of at least 4 members (excludes halogenated alkanes) is 1. The Hall–Kier alpha value is -8.31. The maximum atomic E-state index is 15.1. The maximum absolute atomic E-state index is 15.1. The zero-order valence-electron chi connectivity index (χ0n) is 73.7. The highest BCUT2D eigenvalue weighted by Gasteiger charge is 2.45. The van der Waals surface area contributed by atoms with Gasteiger partial charge in [-0.25, -0.2) is 4.79 Å². The number of nitrogens with two attached hydrogens (primary N) is 3. The van der Waals surface area contributed by atoms with Crippen molar-refractivity contribution in [1.82, 2.24) is 68.3 Å². The summed E-state index contributed by atoms with van der Waals surface area (Å²) in [5.41, 5.74) is 18.8. The number of ether oxygens (including phenoxy) is 9. The van der Waals surface area contributed by atoms with Crippen LogP contribution in [0.15, 0.2) is 54.6 Å². The van der Waals surface area contributed by atoms with Gasteiger partial charge in [0.05, 0.1) is 118 Å². The number of carbonyl (C=O) groups is 13. The van der Waals surface area contributed by atoms with E-state index in [-0.39, 0.29) is 100 Å². The fourth-order valence-electron chi connectivity index (χ4n) is 13.5. The molecule has 3 aliphatic heterocycles. The molecule has 5 rings (SSSR count). The summed E-state index contributed by atoms with van der Waals surface area (Å²) >= 11 is 2.53. The Morgan fingerprint density at radius 3 is 1.57 bits per heavy atom. The highest BCUT2D eigenvalue weighted by atomic mass is 32.2. The molecule has 2 fully saturated rings. The second-order valence-corrected chi connectivity index (χ2v) is 32.7. The van der Waals surface area contributed by atoms with E-state index in [1.54, 1.807) is 30.3 Å². The van der Waals surface area contributed by atoms with E-state index in [1.807, 2.05) is 31.2 Å². The number of aliphatic hydroxyl groups is 1. The molecule has 0 saturated carbocycles. The van der Waals surface area contributed by atoms with Gasteiger partial charge >= 0.3 is 5.97 Å². The molecule has 716 valence electrons. The van der Waals surface area contributed by atoms with Gasteiger partial charge in [-0.3, -0.25) is 57.5 Å². The molecule has 2 saturated heterocycles. The highest BCUT2D eigenvalue weighted by Crippen LogP contribution is 2.28. The van der Waals surface area contributed by atoms with Crippen molar-refractivity contribution in [3.8, 4) is 0 Å². The van der Waals surface area contributed by atoms with Gasteiger partial charge in [-0.05, 0) is 75.0 Å². The third-order valence-electron chi connectivity index (χ3n) is 20.3. The first-order valence-corrected chi connectivity index (χ1v) is 46.6. The van der Waals surface area contributed by atoms with Crippen LogP contribution in [0, 0.1) is 5.92 Å². The van der Waals surface area contributed by atoms with Crippen LogP contribution in [0.3, 0.4) is 0 Å². The van der Waals surface area contributed by atoms with Crippen molar-refractivity contribution in [1.29, 1.82) is 0 Å². The highest BCUT2D eigenvalue weighted by molar-refractivity contribution is 7.98. The molecule has 2 aromatic carbocycles. The van der Waals surface area contributed by atoms with Gasteiger partial charge in [0.25, 0.3) is 0 Å². The predicted octanol–water partition coefficient (Wildman–Crippen LogP) is -2.62. The van der Waals surface area contributed by atoms with E-state index >= 15 is 4.79 Å². The molecule has 19 N–H and O–H groups in total. The van der Waals surface area contributed by atoms with Gasteiger partial charge in [0, 0.05) is 140 Å². The SMILES string of the molecule is CCCC[C@H](NC(=O)CCC(=O)NCCCOCCOCCOCCCNC(=O)CCOCCOCCOCCOCCOCCOCCNC(=O)C(CNCCN)CNCCN)C(=O)N[C@H]1CSCc2cccc(c2)CSCC(C(=O)O)NC(=O)[C@H](Cc2ccccc2)NC(=O)[C@H](CCC(N)=O)NC(=O)[C@H]([C@@H](C)O)NC(=O)[C@@H]2CCCN2C(=O)[C@@H]2CCCN2C1=O. The molecule has 12 amide bonds. The van der Waals surface area contributed by atoms with Crippen molar-refractivity contribution in [2.75, 3.05) is 202 Å². The molecule has 0 aromatic heterocycles. The zero-order valence-corrected chi connectivity index (χ0v) is 75.4. The Labute approximate surface area is 753 Å². The summed E-state index contributed by atoms with van der Waals surface area (Å²) in [6.07, 6.45) is 0.757. The summed E-state index contributed by atoms with van der Waals surface area (Å²) in [6.45, 7) is 14.4. The van der Waals surface area contributed by atoms with E-state index < -0.39 is 132 Å². The normalized spacial score (nSPS) is 19.3. The molecule has 0 spiro atoms. The maximum Gasteiger partial charge on any atom is 0.327 e. The van der Waals surface area contributed by atoms with Gasteiger partial charge in [0.1, 0.15) is 48.3 Å². The number of nitrogens with zero attached hydrogens (tertiary/aromatic N) is 2. The summed E-state index contributed by atoms with van der Waals surface area (Å²) in [4.78, 5) is 180. The number of aliphatic carboxylic acids is 1. The van der Waals surface area contributed by atoms with Crippen molar-refractivity contribution >= 4 is 100 Å². The molecular formula is C85H140N16O24S2. The number of aliphatic hydroxyl groups excluding tert-OH is 1. The Morgan fingerprint density at radius 1 is 0.520 bits per heavy atom. The summed E-state index contributed by atoms with van der Waals surface area (Å²) in [7, 11) is 0. The van der Waals surface area contributed by atoms with E-state index in [0.717, 1.165) is 11.1 Å². The van der Waals surface area contributed by atoms with Crippen LogP contribution in [0.25, 0.3) is 0 Å². The van der Waals surface area contributed by atoms with Crippen molar-refractivity contribution < 1.29 is 115 Å². The molecule has 2 bridgehead atoms. The zero-order chi connectivity index (χ0) is 92.0. The fourth-order valence-corrected chi connectivity index (χ4v) is 15.5. The minimum absolute atomic E-state index is 0.0000754. The lowest BCUT2D eigenvalue weighted by Crippen LogP contribution is -2.61. The third kappa shape index (κ3) is 46.7.